The largest absolute Gasteiger partial charge is 0.339 e. The highest BCUT2D eigenvalue weighted by Crippen LogP contribution is 2.32. The van der Waals surface area contributed by atoms with Gasteiger partial charge in [0.05, 0.1) is 6.57 Å². The number of carbonyl (C=O) groups excluding carboxylic acids is 2. The van der Waals surface area contributed by atoms with Crippen LogP contribution < -0.4 is 4.90 Å². The fraction of sp³-hybridized carbons (Fsp3) is 0.375. The highest BCUT2D eigenvalue weighted by molar-refractivity contribution is 6.30. The van der Waals surface area contributed by atoms with Crippen LogP contribution in [0.3, 0.4) is 0 Å². The number of benzene rings is 2. The molecule has 0 spiro atoms. The number of hydrogen-bond donors (Lipinski definition) is 0. The van der Waals surface area contributed by atoms with Crippen LogP contribution in [-0.4, -0.2) is 36.3 Å². The van der Waals surface area contributed by atoms with E-state index in [0.29, 0.717) is 42.2 Å². The van der Waals surface area contributed by atoms with Gasteiger partial charge in [0, 0.05) is 41.8 Å². The molecule has 5 nitrogen and oxygen atoms in total. The lowest BCUT2D eigenvalue weighted by molar-refractivity contribution is -0.123. The Bertz CT molecular complexity index is 989. The second-order valence-electron chi connectivity index (χ2n) is 7.95. The number of piperidine rings is 1. The summed E-state index contributed by atoms with van der Waals surface area (Å²) in [5.74, 6) is 0.0568. The van der Waals surface area contributed by atoms with Crippen molar-refractivity contribution < 1.29 is 9.59 Å². The zero-order valence-corrected chi connectivity index (χ0v) is 17.6. The summed E-state index contributed by atoms with van der Waals surface area (Å²) >= 11 is 6.16. The van der Waals surface area contributed by atoms with Crippen molar-refractivity contribution in [1.82, 2.24) is 4.90 Å². The van der Waals surface area contributed by atoms with E-state index in [1.54, 1.807) is 24.3 Å². The number of likely N-dealkylation sites (tertiary alicyclic amines) is 1. The third-order valence-electron chi connectivity index (χ3n) is 6.05. The van der Waals surface area contributed by atoms with Crippen LogP contribution in [0.25, 0.3) is 4.85 Å². The lowest BCUT2D eigenvalue weighted by Gasteiger charge is -2.34. The van der Waals surface area contributed by atoms with Crippen LogP contribution in [0.2, 0.25) is 5.02 Å². The zero-order valence-electron chi connectivity index (χ0n) is 16.8. The molecule has 0 bridgehead atoms. The molecule has 0 aromatic heterocycles. The Morgan fingerprint density at radius 1 is 1.00 bits per heavy atom. The molecule has 6 heteroatoms. The smallest absolute Gasteiger partial charge is 0.253 e. The van der Waals surface area contributed by atoms with Gasteiger partial charge in [0.25, 0.3) is 5.91 Å². The maximum atomic E-state index is 13.3. The minimum Gasteiger partial charge on any atom is -0.339 e. The standard InChI is InChI=1S/C24H24ClN3O2/c1-26-21-8-5-17(6-9-21)23(29)27-14-11-18(12-15-27)24(30)28-13-3-2-4-19-16-20(25)7-10-22(19)28/h5-10,16,18H,2-4,11-15H2. The van der Waals surface area contributed by atoms with Crippen LogP contribution in [0.1, 0.15) is 41.6 Å². The van der Waals surface area contributed by atoms with Crippen molar-refractivity contribution in [2.24, 2.45) is 5.92 Å². The molecular formula is C24H24ClN3O2. The van der Waals surface area contributed by atoms with E-state index in [1.165, 1.54) is 0 Å². The van der Waals surface area contributed by atoms with Crippen molar-refractivity contribution in [3.05, 3.63) is 70.0 Å². The molecule has 0 radical (unpaired) electrons. The summed E-state index contributed by atoms with van der Waals surface area (Å²) in [5.41, 5.74) is 3.24. The average Bonchev–Trinajstić information content (AvgIpc) is 3.00. The molecule has 0 atom stereocenters. The second kappa shape index (κ2) is 8.89. The molecule has 0 unspecified atom stereocenters. The molecular weight excluding hydrogens is 398 g/mol. The van der Waals surface area contributed by atoms with Crippen molar-refractivity contribution in [3.63, 3.8) is 0 Å². The number of amides is 2. The molecule has 2 aliphatic heterocycles. The molecule has 154 valence electrons. The van der Waals surface area contributed by atoms with Gasteiger partial charge < -0.3 is 9.80 Å². The Morgan fingerprint density at radius 3 is 2.43 bits per heavy atom. The molecule has 0 aliphatic carbocycles. The first-order valence-electron chi connectivity index (χ1n) is 10.4. The van der Waals surface area contributed by atoms with Crippen LogP contribution in [0, 0.1) is 12.5 Å². The number of aryl methyl sites for hydroxylation is 1. The van der Waals surface area contributed by atoms with E-state index in [-0.39, 0.29) is 17.7 Å². The third-order valence-corrected chi connectivity index (χ3v) is 6.29. The molecule has 2 aromatic rings. The van der Waals surface area contributed by atoms with Gasteiger partial charge in [-0.05, 0) is 55.9 Å². The topological polar surface area (TPSA) is 45.0 Å². The van der Waals surface area contributed by atoms with Crippen molar-refractivity contribution in [3.8, 4) is 0 Å². The second-order valence-corrected chi connectivity index (χ2v) is 8.38. The van der Waals surface area contributed by atoms with Gasteiger partial charge in [-0.15, -0.1) is 0 Å². The molecule has 0 N–H and O–H groups in total. The Kier molecular flexibility index (Phi) is 6.06. The van der Waals surface area contributed by atoms with E-state index in [2.05, 4.69) is 4.85 Å². The molecule has 0 saturated carbocycles. The van der Waals surface area contributed by atoms with E-state index in [1.807, 2.05) is 28.0 Å². The fourth-order valence-corrected chi connectivity index (χ4v) is 4.56. The average molecular weight is 422 g/mol. The highest BCUT2D eigenvalue weighted by atomic mass is 35.5. The maximum absolute atomic E-state index is 13.3. The van der Waals surface area contributed by atoms with Crippen molar-refractivity contribution >= 4 is 34.8 Å². The van der Waals surface area contributed by atoms with Crippen LogP contribution >= 0.6 is 11.6 Å². The molecule has 1 saturated heterocycles. The summed E-state index contributed by atoms with van der Waals surface area (Å²) in [6, 6.07) is 12.5. The summed E-state index contributed by atoms with van der Waals surface area (Å²) < 4.78 is 0. The number of fused-ring (bicyclic) bond motifs is 1. The Balaban J connectivity index is 1.42. The number of anilines is 1. The van der Waals surface area contributed by atoms with Gasteiger partial charge in [-0.25, -0.2) is 4.85 Å². The highest BCUT2D eigenvalue weighted by Gasteiger charge is 2.32. The molecule has 30 heavy (non-hydrogen) atoms. The van der Waals surface area contributed by atoms with Crippen LogP contribution in [0.4, 0.5) is 11.4 Å². The van der Waals surface area contributed by atoms with Crippen molar-refractivity contribution in [2.45, 2.75) is 32.1 Å². The number of carbonyl (C=O) groups is 2. The minimum atomic E-state index is -0.0693. The number of rotatable bonds is 2. The van der Waals surface area contributed by atoms with E-state index >= 15 is 0 Å². The number of hydrogen-bond acceptors (Lipinski definition) is 2. The molecule has 2 aromatic carbocycles. The summed E-state index contributed by atoms with van der Waals surface area (Å²) in [5, 5.41) is 0.708. The molecule has 2 aliphatic rings. The predicted octanol–water partition coefficient (Wildman–Crippen LogP) is 5.11. The Morgan fingerprint density at radius 2 is 1.73 bits per heavy atom. The zero-order chi connectivity index (χ0) is 21.1. The molecule has 1 fully saturated rings. The lowest BCUT2D eigenvalue weighted by atomic mass is 9.94. The van der Waals surface area contributed by atoms with Crippen LogP contribution in [0.15, 0.2) is 42.5 Å². The number of halogens is 1. The van der Waals surface area contributed by atoms with Gasteiger partial charge in [0.1, 0.15) is 0 Å². The van der Waals surface area contributed by atoms with Gasteiger partial charge in [-0.1, -0.05) is 35.9 Å². The molecule has 4 rings (SSSR count). The van der Waals surface area contributed by atoms with Crippen LogP contribution in [-0.2, 0) is 11.2 Å². The van der Waals surface area contributed by atoms with E-state index in [4.69, 9.17) is 18.2 Å². The quantitative estimate of drug-likeness (QED) is 0.632. The van der Waals surface area contributed by atoms with Gasteiger partial charge in [0.2, 0.25) is 5.91 Å². The Labute approximate surface area is 182 Å². The summed E-state index contributed by atoms with van der Waals surface area (Å²) in [7, 11) is 0. The summed E-state index contributed by atoms with van der Waals surface area (Å²) in [6.45, 7) is 8.90. The normalized spacial score (nSPS) is 17.1. The monoisotopic (exact) mass is 421 g/mol. The molecule has 2 amide bonds. The van der Waals surface area contributed by atoms with Crippen molar-refractivity contribution in [2.75, 3.05) is 24.5 Å². The number of nitrogens with zero attached hydrogens (tertiary/aromatic N) is 3. The first kappa shape index (κ1) is 20.4. The van der Waals surface area contributed by atoms with Gasteiger partial charge >= 0.3 is 0 Å². The maximum Gasteiger partial charge on any atom is 0.253 e. The fourth-order valence-electron chi connectivity index (χ4n) is 4.36. The van der Waals surface area contributed by atoms with Gasteiger partial charge in [0.15, 0.2) is 5.69 Å². The predicted molar refractivity (Wildman–Crippen MR) is 118 cm³/mol. The van der Waals surface area contributed by atoms with Gasteiger partial charge in [-0.3, -0.25) is 9.59 Å². The van der Waals surface area contributed by atoms with Crippen molar-refractivity contribution in [1.29, 1.82) is 0 Å². The van der Waals surface area contributed by atoms with E-state index < -0.39 is 0 Å². The lowest BCUT2D eigenvalue weighted by Crippen LogP contribution is -2.44. The summed E-state index contributed by atoms with van der Waals surface area (Å²) in [6.07, 6.45) is 4.32. The van der Waals surface area contributed by atoms with E-state index in [9.17, 15) is 9.59 Å². The SMILES string of the molecule is [C-]#[N+]c1ccc(C(=O)N2CCC(C(=O)N3CCCCc4cc(Cl)ccc43)CC2)cc1. The van der Waals surface area contributed by atoms with Gasteiger partial charge in [-0.2, -0.15) is 0 Å². The minimum absolute atomic E-state index is 0.0350. The summed E-state index contributed by atoms with van der Waals surface area (Å²) in [4.78, 5) is 33.2. The Hall–Kier alpha value is -2.84. The first-order valence-corrected chi connectivity index (χ1v) is 10.8. The first-order chi connectivity index (χ1) is 14.6. The van der Waals surface area contributed by atoms with E-state index in [0.717, 1.165) is 37.1 Å². The molecule has 2 heterocycles. The third kappa shape index (κ3) is 4.20. The van der Waals surface area contributed by atoms with Crippen LogP contribution in [0.5, 0.6) is 0 Å².